The zero-order valence-electron chi connectivity index (χ0n) is 11.9. The SMILES string of the molecule is C/C=C/CCC(C)=O.CC(=O)CCC=C(C)C. The van der Waals surface area contributed by atoms with Crippen LogP contribution in [-0.4, -0.2) is 11.6 Å². The van der Waals surface area contributed by atoms with Crippen LogP contribution in [0.4, 0.5) is 0 Å². The maximum absolute atomic E-state index is 10.4. The number of allylic oxidation sites excluding steroid dienone is 4. The molecule has 0 aliphatic heterocycles. The highest BCUT2D eigenvalue weighted by molar-refractivity contribution is 5.75. The van der Waals surface area contributed by atoms with Crippen LogP contribution < -0.4 is 0 Å². The Hall–Kier alpha value is -1.18. The molecule has 0 aromatic heterocycles. The maximum atomic E-state index is 10.4. The molecule has 0 spiro atoms. The van der Waals surface area contributed by atoms with Crippen LogP contribution in [0.1, 0.15) is 60.3 Å². The lowest BCUT2D eigenvalue weighted by molar-refractivity contribution is -0.117. The molecule has 98 valence electrons. The standard InChI is InChI=1S/C8H14O.C7H12O/c1-7(2)5-4-6-8(3)9;1-3-4-5-6-7(2)8/h5H,4,6H2,1-3H3;3-4H,5-6H2,1-2H3/b;4-3+. The van der Waals surface area contributed by atoms with E-state index in [2.05, 4.69) is 6.08 Å². The van der Waals surface area contributed by atoms with Crippen LogP contribution in [0, 0.1) is 0 Å². The van der Waals surface area contributed by atoms with Crippen molar-refractivity contribution < 1.29 is 9.59 Å². The van der Waals surface area contributed by atoms with Gasteiger partial charge >= 0.3 is 0 Å². The minimum Gasteiger partial charge on any atom is -0.300 e. The van der Waals surface area contributed by atoms with Crippen LogP contribution in [0.25, 0.3) is 0 Å². The van der Waals surface area contributed by atoms with E-state index < -0.39 is 0 Å². The first kappa shape index (κ1) is 18.2. The van der Waals surface area contributed by atoms with Gasteiger partial charge < -0.3 is 9.59 Å². The Kier molecular flexibility index (Phi) is 13.8. The predicted molar refractivity (Wildman–Crippen MR) is 74.1 cm³/mol. The molecule has 0 saturated heterocycles. The highest BCUT2D eigenvalue weighted by Gasteiger charge is 1.88. The molecule has 0 N–H and O–H groups in total. The van der Waals surface area contributed by atoms with Gasteiger partial charge in [0.15, 0.2) is 0 Å². The molecule has 2 nitrogen and oxygen atoms in total. The van der Waals surface area contributed by atoms with Gasteiger partial charge in [-0.05, 0) is 47.5 Å². The number of carbonyl (C=O) groups excluding carboxylic acids is 2. The molecule has 0 unspecified atom stereocenters. The van der Waals surface area contributed by atoms with Gasteiger partial charge in [0.2, 0.25) is 0 Å². The molecule has 2 heteroatoms. The lowest BCUT2D eigenvalue weighted by Gasteiger charge is -1.89. The third-order valence-corrected chi connectivity index (χ3v) is 1.95. The second kappa shape index (κ2) is 12.9. The summed E-state index contributed by atoms with van der Waals surface area (Å²) >= 11 is 0. The zero-order chi connectivity index (χ0) is 13.7. The molecule has 0 heterocycles. The summed E-state index contributed by atoms with van der Waals surface area (Å²) in [6, 6.07) is 0. The van der Waals surface area contributed by atoms with Crippen molar-refractivity contribution >= 4 is 11.6 Å². The van der Waals surface area contributed by atoms with Crippen LogP contribution in [0.5, 0.6) is 0 Å². The van der Waals surface area contributed by atoms with E-state index in [0.29, 0.717) is 12.8 Å². The van der Waals surface area contributed by atoms with E-state index in [1.54, 1.807) is 13.8 Å². The van der Waals surface area contributed by atoms with E-state index >= 15 is 0 Å². The van der Waals surface area contributed by atoms with E-state index in [4.69, 9.17) is 0 Å². The lowest BCUT2D eigenvalue weighted by atomic mass is 10.2. The summed E-state index contributed by atoms with van der Waals surface area (Å²) in [4.78, 5) is 20.7. The van der Waals surface area contributed by atoms with E-state index in [0.717, 1.165) is 12.8 Å². The highest BCUT2D eigenvalue weighted by atomic mass is 16.1. The fourth-order valence-corrected chi connectivity index (χ4v) is 1.02. The average Bonchev–Trinajstić information content (AvgIpc) is 2.17. The summed E-state index contributed by atoms with van der Waals surface area (Å²) in [5, 5.41) is 0. The van der Waals surface area contributed by atoms with Crippen LogP contribution in [-0.2, 0) is 9.59 Å². The number of rotatable bonds is 6. The van der Waals surface area contributed by atoms with Gasteiger partial charge in [0.25, 0.3) is 0 Å². The molecule has 0 aliphatic carbocycles. The van der Waals surface area contributed by atoms with E-state index in [9.17, 15) is 9.59 Å². The number of carbonyl (C=O) groups is 2. The van der Waals surface area contributed by atoms with Crippen molar-refractivity contribution in [1.82, 2.24) is 0 Å². The first-order valence-electron chi connectivity index (χ1n) is 6.13. The Morgan fingerprint density at radius 1 is 0.882 bits per heavy atom. The average molecular weight is 238 g/mol. The summed E-state index contributed by atoms with van der Waals surface area (Å²) in [7, 11) is 0. The highest BCUT2D eigenvalue weighted by Crippen LogP contribution is 1.96. The van der Waals surface area contributed by atoms with E-state index in [1.165, 1.54) is 5.57 Å². The Labute approximate surface area is 106 Å². The zero-order valence-corrected chi connectivity index (χ0v) is 11.9. The van der Waals surface area contributed by atoms with Gasteiger partial charge in [-0.3, -0.25) is 0 Å². The predicted octanol–water partition coefficient (Wildman–Crippen LogP) is 4.25. The van der Waals surface area contributed by atoms with Crippen LogP contribution in [0.15, 0.2) is 23.8 Å². The molecular weight excluding hydrogens is 212 g/mol. The van der Waals surface area contributed by atoms with Crippen molar-refractivity contribution in [2.24, 2.45) is 0 Å². The van der Waals surface area contributed by atoms with Crippen LogP contribution in [0.3, 0.4) is 0 Å². The number of Topliss-reactive ketones (excluding diaryl/α,β-unsaturated/α-hetero) is 2. The summed E-state index contributed by atoms with van der Waals surface area (Å²) in [6.45, 7) is 9.28. The summed E-state index contributed by atoms with van der Waals surface area (Å²) < 4.78 is 0. The number of ketones is 2. The first-order chi connectivity index (χ1) is 7.90. The van der Waals surface area contributed by atoms with Crippen molar-refractivity contribution in [3.63, 3.8) is 0 Å². The molecule has 0 bridgehead atoms. The Balaban J connectivity index is 0. The van der Waals surface area contributed by atoms with Gasteiger partial charge in [0.1, 0.15) is 11.6 Å². The Morgan fingerprint density at radius 2 is 1.35 bits per heavy atom. The molecule has 0 fully saturated rings. The molecule has 0 aromatic rings. The van der Waals surface area contributed by atoms with Crippen molar-refractivity contribution in [3.8, 4) is 0 Å². The molecule has 0 rings (SSSR count). The van der Waals surface area contributed by atoms with Crippen LogP contribution >= 0.6 is 0 Å². The van der Waals surface area contributed by atoms with Gasteiger partial charge in [-0.1, -0.05) is 23.8 Å². The minimum atomic E-state index is 0.267. The minimum absolute atomic E-state index is 0.267. The molecule has 0 aliphatic rings. The smallest absolute Gasteiger partial charge is 0.130 e. The van der Waals surface area contributed by atoms with Gasteiger partial charge in [-0.15, -0.1) is 0 Å². The molecule has 0 saturated carbocycles. The Bertz CT molecular complexity index is 269. The topological polar surface area (TPSA) is 34.1 Å². The van der Waals surface area contributed by atoms with E-state index in [-0.39, 0.29) is 11.6 Å². The molecule has 0 aromatic carbocycles. The van der Waals surface area contributed by atoms with Crippen molar-refractivity contribution in [3.05, 3.63) is 23.8 Å². The van der Waals surface area contributed by atoms with E-state index in [1.807, 2.05) is 32.9 Å². The quantitative estimate of drug-likeness (QED) is 0.648. The normalized spacial score (nSPS) is 9.47. The molecule has 0 radical (unpaired) electrons. The summed E-state index contributed by atoms with van der Waals surface area (Å²) in [5.74, 6) is 0.538. The second-order valence-corrected chi connectivity index (χ2v) is 4.33. The molecule has 17 heavy (non-hydrogen) atoms. The monoisotopic (exact) mass is 238 g/mol. The Morgan fingerprint density at radius 3 is 1.71 bits per heavy atom. The summed E-state index contributed by atoms with van der Waals surface area (Å²) in [6.07, 6.45) is 9.21. The van der Waals surface area contributed by atoms with Gasteiger partial charge in [-0.25, -0.2) is 0 Å². The van der Waals surface area contributed by atoms with Gasteiger partial charge in [-0.2, -0.15) is 0 Å². The molecule has 0 amide bonds. The van der Waals surface area contributed by atoms with Crippen molar-refractivity contribution in [1.29, 1.82) is 0 Å². The maximum Gasteiger partial charge on any atom is 0.130 e. The third-order valence-electron chi connectivity index (χ3n) is 1.95. The number of hydrogen-bond acceptors (Lipinski definition) is 2. The van der Waals surface area contributed by atoms with Crippen molar-refractivity contribution in [2.75, 3.05) is 0 Å². The first-order valence-corrected chi connectivity index (χ1v) is 6.13. The molecule has 0 atom stereocenters. The van der Waals surface area contributed by atoms with Gasteiger partial charge in [0.05, 0.1) is 0 Å². The van der Waals surface area contributed by atoms with Crippen LogP contribution in [0.2, 0.25) is 0 Å². The number of hydrogen-bond donors (Lipinski definition) is 0. The third kappa shape index (κ3) is 25.3. The van der Waals surface area contributed by atoms with Gasteiger partial charge in [0, 0.05) is 12.8 Å². The second-order valence-electron chi connectivity index (χ2n) is 4.33. The van der Waals surface area contributed by atoms with Crippen molar-refractivity contribution in [2.45, 2.75) is 60.3 Å². The molecular formula is C15H26O2. The lowest BCUT2D eigenvalue weighted by Crippen LogP contribution is -1.86. The largest absolute Gasteiger partial charge is 0.300 e. The summed E-state index contributed by atoms with van der Waals surface area (Å²) in [5.41, 5.74) is 1.29. The fraction of sp³-hybridized carbons (Fsp3) is 0.600. The fourth-order valence-electron chi connectivity index (χ4n) is 1.02.